The standard InChI is InChI=1S/C15H24N2O4S/c1-3-4-11-21-12-7-10-16-15(18)13-8-5-6-9-14(13)17-22(2,19)20/h5-6,8-9,17H,3-4,7,10-12H2,1-2H3,(H,16,18). The van der Waals surface area contributed by atoms with Gasteiger partial charge in [-0.15, -0.1) is 0 Å². The Bertz CT molecular complexity index is 573. The minimum Gasteiger partial charge on any atom is -0.381 e. The number of hydrogen-bond donors (Lipinski definition) is 2. The summed E-state index contributed by atoms with van der Waals surface area (Å²) in [6, 6.07) is 6.51. The van der Waals surface area contributed by atoms with Gasteiger partial charge in [0.05, 0.1) is 17.5 Å². The first-order valence-corrected chi connectivity index (χ1v) is 9.26. The van der Waals surface area contributed by atoms with Crippen molar-refractivity contribution in [2.45, 2.75) is 26.2 Å². The number of nitrogens with one attached hydrogen (secondary N) is 2. The highest BCUT2D eigenvalue weighted by Gasteiger charge is 2.12. The molecular weight excluding hydrogens is 304 g/mol. The van der Waals surface area contributed by atoms with Crippen molar-refractivity contribution in [3.63, 3.8) is 0 Å². The summed E-state index contributed by atoms with van der Waals surface area (Å²) < 4.78 is 30.4. The lowest BCUT2D eigenvalue weighted by atomic mass is 10.1. The van der Waals surface area contributed by atoms with Crippen LogP contribution < -0.4 is 10.0 Å². The Hall–Kier alpha value is -1.60. The number of sulfonamides is 1. The summed E-state index contributed by atoms with van der Waals surface area (Å²) in [5, 5.41) is 2.76. The molecule has 0 bridgehead atoms. The van der Waals surface area contributed by atoms with E-state index in [4.69, 9.17) is 4.74 Å². The van der Waals surface area contributed by atoms with Gasteiger partial charge in [0, 0.05) is 19.8 Å². The molecule has 0 aromatic heterocycles. The van der Waals surface area contributed by atoms with Gasteiger partial charge in [-0.1, -0.05) is 25.5 Å². The third-order valence-corrected chi connectivity index (χ3v) is 3.45. The van der Waals surface area contributed by atoms with E-state index in [0.717, 1.165) is 32.1 Å². The number of anilines is 1. The fraction of sp³-hybridized carbons (Fsp3) is 0.533. The second-order valence-electron chi connectivity index (χ2n) is 5.00. The maximum Gasteiger partial charge on any atom is 0.253 e. The Morgan fingerprint density at radius 2 is 1.86 bits per heavy atom. The fourth-order valence-electron chi connectivity index (χ4n) is 1.79. The summed E-state index contributed by atoms with van der Waals surface area (Å²) in [6.07, 6.45) is 3.91. The van der Waals surface area contributed by atoms with E-state index >= 15 is 0 Å². The Morgan fingerprint density at radius 3 is 2.55 bits per heavy atom. The van der Waals surface area contributed by atoms with Gasteiger partial charge in [0.25, 0.3) is 5.91 Å². The number of benzene rings is 1. The first-order chi connectivity index (χ1) is 10.4. The molecule has 0 saturated carbocycles. The number of unbranched alkanes of at least 4 members (excludes halogenated alkanes) is 1. The first-order valence-electron chi connectivity index (χ1n) is 7.37. The van der Waals surface area contributed by atoms with Crippen LogP contribution in [0.25, 0.3) is 0 Å². The van der Waals surface area contributed by atoms with Crippen molar-refractivity contribution in [1.82, 2.24) is 5.32 Å². The van der Waals surface area contributed by atoms with E-state index in [9.17, 15) is 13.2 Å². The zero-order valence-corrected chi connectivity index (χ0v) is 13.9. The van der Waals surface area contributed by atoms with E-state index in [1.165, 1.54) is 0 Å². The molecule has 0 heterocycles. The smallest absolute Gasteiger partial charge is 0.253 e. The number of amides is 1. The topological polar surface area (TPSA) is 84.5 Å². The van der Waals surface area contributed by atoms with E-state index in [0.29, 0.717) is 18.7 Å². The van der Waals surface area contributed by atoms with E-state index in [-0.39, 0.29) is 11.6 Å². The van der Waals surface area contributed by atoms with Crippen molar-refractivity contribution in [3.05, 3.63) is 29.8 Å². The summed E-state index contributed by atoms with van der Waals surface area (Å²) in [4.78, 5) is 12.1. The molecule has 0 aliphatic rings. The van der Waals surface area contributed by atoms with Crippen molar-refractivity contribution < 1.29 is 17.9 Å². The van der Waals surface area contributed by atoms with Crippen LogP contribution in [-0.4, -0.2) is 40.3 Å². The maximum absolute atomic E-state index is 12.1. The van der Waals surface area contributed by atoms with Crippen molar-refractivity contribution in [2.24, 2.45) is 0 Å². The molecule has 0 unspecified atom stereocenters. The number of carbonyl (C=O) groups is 1. The Labute approximate surface area is 132 Å². The summed E-state index contributed by atoms with van der Waals surface area (Å²) in [7, 11) is -3.42. The monoisotopic (exact) mass is 328 g/mol. The van der Waals surface area contributed by atoms with Crippen molar-refractivity contribution in [1.29, 1.82) is 0 Å². The van der Waals surface area contributed by atoms with Crippen LogP contribution in [0.3, 0.4) is 0 Å². The number of ether oxygens (including phenoxy) is 1. The number of carbonyl (C=O) groups excluding carboxylic acids is 1. The molecule has 0 fully saturated rings. The van der Waals surface area contributed by atoms with Gasteiger partial charge in [0.1, 0.15) is 0 Å². The molecule has 1 amide bonds. The van der Waals surface area contributed by atoms with Crippen LogP contribution in [0, 0.1) is 0 Å². The fourth-order valence-corrected chi connectivity index (χ4v) is 2.37. The van der Waals surface area contributed by atoms with Crippen molar-refractivity contribution in [2.75, 3.05) is 30.7 Å². The van der Waals surface area contributed by atoms with Crippen LogP contribution in [-0.2, 0) is 14.8 Å². The van der Waals surface area contributed by atoms with Crippen LogP contribution in [0.2, 0.25) is 0 Å². The highest BCUT2D eigenvalue weighted by atomic mass is 32.2. The number of rotatable bonds is 10. The molecule has 7 heteroatoms. The van der Waals surface area contributed by atoms with E-state index in [1.807, 2.05) is 0 Å². The Morgan fingerprint density at radius 1 is 1.18 bits per heavy atom. The van der Waals surface area contributed by atoms with Crippen molar-refractivity contribution >= 4 is 21.6 Å². The maximum atomic E-state index is 12.1. The predicted molar refractivity (Wildman–Crippen MR) is 87.6 cm³/mol. The van der Waals surface area contributed by atoms with Crippen LogP contribution in [0.1, 0.15) is 36.5 Å². The largest absolute Gasteiger partial charge is 0.381 e. The van der Waals surface area contributed by atoms with E-state index < -0.39 is 10.0 Å². The lowest BCUT2D eigenvalue weighted by Gasteiger charge is -2.11. The SMILES string of the molecule is CCCCOCCCNC(=O)c1ccccc1NS(C)(=O)=O. The molecule has 0 saturated heterocycles. The third-order valence-electron chi connectivity index (χ3n) is 2.86. The highest BCUT2D eigenvalue weighted by molar-refractivity contribution is 7.92. The summed E-state index contributed by atoms with van der Waals surface area (Å²) in [6.45, 7) is 3.93. The molecule has 0 aliphatic carbocycles. The average Bonchev–Trinajstić information content (AvgIpc) is 2.45. The molecule has 6 nitrogen and oxygen atoms in total. The van der Waals surface area contributed by atoms with Gasteiger partial charge in [-0.25, -0.2) is 8.42 Å². The van der Waals surface area contributed by atoms with Crippen LogP contribution in [0.4, 0.5) is 5.69 Å². The van der Waals surface area contributed by atoms with Crippen LogP contribution >= 0.6 is 0 Å². The van der Waals surface area contributed by atoms with E-state index in [2.05, 4.69) is 17.0 Å². The van der Waals surface area contributed by atoms with Gasteiger partial charge in [-0.2, -0.15) is 0 Å². The molecular formula is C15H24N2O4S. The highest BCUT2D eigenvalue weighted by Crippen LogP contribution is 2.15. The molecule has 1 aromatic carbocycles. The molecule has 0 radical (unpaired) electrons. The van der Waals surface area contributed by atoms with Gasteiger partial charge >= 0.3 is 0 Å². The Kier molecular flexibility index (Phi) is 7.90. The molecule has 1 aromatic rings. The normalized spacial score (nSPS) is 11.2. The summed E-state index contributed by atoms with van der Waals surface area (Å²) in [5.74, 6) is -0.305. The van der Waals surface area contributed by atoms with Gasteiger partial charge in [-0.3, -0.25) is 9.52 Å². The van der Waals surface area contributed by atoms with Gasteiger partial charge in [-0.05, 0) is 25.0 Å². The molecule has 0 spiro atoms. The first kappa shape index (κ1) is 18.4. The molecule has 22 heavy (non-hydrogen) atoms. The zero-order valence-electron chi connectivity index (χ0n) is 13.1. The number of hydrogen-bond acceptors (Lipinski definition) is 4. The minimum atomic E-state index is -3.42. The zero-order chi connectivity index (χ0) is 16.4. The Balaban J connectivity index is 2.45. The van der Waals surface area contributed by atoms with Gasteiger partial charge in [0.2, 0.25) is 10.0 Å². The minimum absolute atomic E-state index is 0.279. The molecule has 2 N–H and O–H groups in total. The molecule has 124 valence electrons. The number of para-hydroxylation sites is 1. The lowest BCUT2D eigenvalue weighted by Crippen LogP contribution is -2.26. The second kappa shape index (κ2) is 9.42. The van der Waals surface area contributed by atoms with Gasteiger partial charge in [0.15, 0.2) is 0 Å². The predicted octanol–water partition coefficient (Wildman–Crippen LogP) is 1.99. The average molecular weight is 328 g/mol. The summed E-state index contributed by atoms with van der Waals surface area (Å²) >= 11 is 0. The summed E-state index contributed by atoms with van der Waals surface area (Å²) in [5.41, 5.74) is 0.585. The van der Waals surface area contributed by atoms with Crippen molar-refractivity contribution in [3.8, 4) is 0 Å². The van der Waals surface area contributed by atoms with Gasteiger partial charge < -0.3 is 10.1 Å². The van der Waals surface area contributed by atoms with Crippen LogP contribution in [0.5, 0.6) is 0 Å². The molecule has 0 atom stereocenters. The van der Waals surface area contributed by atoms with Crippen LogP contribution in [0.15, 0.2) is 24.3 Å². The molecule has 0 aliphatic heterocycles. The second-order valence-corrected chi connectivity index (χ2v) is 6.74. The lowest BCUT2D eigenvalue weighted by molar-refractivity contribution is 0.0941. The third kappa shape index (κ3) is 7.42. The molecule has 1 rings (SSSR count). The van der Waals surface area contributed by atoms with E-state index in [1.54, 1.807) is 24.3 Å². The quantitative estimate of drug-likeness (QED) is 0.643.